The summed E-state index contributed by atoms with van der Waals surface area (Å²) in [6, 6.07) is 26.1. The Morgan fingerprint density at radius 2 is 1.68 bits per heavy atom. The molecule has 0 radical (unpaired) electrons. The van der Waals surface area contributed by atoms with Crippen LogP contribution in [-0.4, -0.2) is 36.2 Å². The van der Waals surface area contributed by atoms with Crippen molar-refractivity contribution >= 4 is 17.4 Å². The first kappa shape index (κ1) is 26.6. The lowest BCUT2D eigenvalue weighted by Gasteiger charge is -2.33. The number of Topliss-reactive ketones (excluding diaryl/α,β-unsaturated/α-hetero) is 1. The maximum atomic E-state index is 12.1. The molecule has 1 fully saturated rings. The van der Waals surface area contributed by atoms with Crippen LogP contribution in [0.4, 0.5) is 5.69 Å². The Morgan fingerprint density at radius 1 is 0.946 bits per heavy atom. The van der Waals surface area contributed by atoms with Crippen molar-refractivity contribution < 1.29 is 14.3 Å². The average molecular weight is 499 g/mol. The first-order valence-corrected chi connectivity index (χ1v) is 13.3. The summed E-state index contributed by atoms with van der Waals surface area (Å²) in [5, 5.41) is 3.03. The number of hydrogen-bond donors (Lipinski definition) is 1. The zero-order valence-corrected chi connectivity index (χ0v) is 22.2. The largest absolute Gasteiger partial charge is 0.486 e. The van der Waals surface area contributed by atoms with E-state index in [0.29, 0.717) is 11.5 Å². The summed E-state index contributed by atoms with van der Waals surface area (Å²) >= 11 is 0. The number of carbonyl (C=O) groups is 2. The van der Waals surface area contributed by atoms with Crippen molar-refractivity contribution in [3.05, 3.63) is 95.6 Å². The van der Waals surface area contributed by atoms with Crippen molar-refractivity contribution in [2.45, 2.75) is 52.1 Å². The Morgan fingerprint density at radius 3 is 2.38 bits per heavy atom. The third-order valence-corrected chi connectivity index (χ3v) is 7.14. The Labute approximate surface area is 220 Å². The van der Waals surface area contributed by atoms with E-state index >= 15 is 0 Å². The van der Waals surface area contributed by atoms with Gasteiger partial charge in [-0.1, -0.05) is 68.4 Å². The number of piperidine rings is 1. The van der Waals surface area contributed by atoms with Gasteiger partial charge in [-0.25, -0.2) is 0 Å². The van der Waals surface area contributed by atoms with Crippen LogP contribution >= 0.6 is 0 Å². The van der Waals surface area contributed by atoms with Crippen molar-refractivity contribution in [2.75, 3.05) is 25.0 Å². The maximum absolute atomic E-state index is 12.1. The van der Waals surface area contributed by atoms with Crippen molar-refractivity contribution in [1.82, 2.24) is 4.90 Å². The second-order valence-electron chi connectivity index (χ2n) is 10.3. The molecule has 1 aliphatic heterocycles. The summed E-state index contributed by atoms with van der Waals surface area (Å²) < 4.78 is 6.42. The molecular weight excluding hydrogens is 460 g/mol. The van der Waals surface area contributed by atoms with Gasteiger partial charge < -0.3 is 15.0 Å². The smallest absolute Gasteiger partial charge is 0.226 e. The van der Waals surface area contributed by atoms with Crippen LogP contribution in [0, 0.1) is 5.92 Å². The molecule has 0 saturated carbocycles. The molecule has 3 aromatic carbocycles. The highest BCUT2D eigenvalue weighted by atomic mass is 16.5. The van der Waals surface area contributed by atoms with Crippen LogP contribution in [-0.2, 0) is 4.79 Å². The lowest BCUT2D eigenvalue weighted by atomic mass is 9.89. The van der Waals surface area contributed by atoms with Gasteiger partial charge in [0.15, 0.2) is 5.78 Å². The van der Waals surface area contributed by atoms with Crippen LogP contribution in [0.2, 0.25) is 0 Å². The van der Waals surface area contributed by atoms with Gasteiger partial charge in [0, 0.05) is 30.1 Å². The lowest BCUT2D eigenvalue weighted by Crippen LogP contribution is -2.34. The molecule has 5 heteroatoms. The van der Waals surface area contributed by atoms with Gasteiger partial charge in [-0.15, -0.1) is 0 Å². The van der Waals surface area contributed by atoms with E-state index < -0.39 is 0 Å². The van der Waals surface area contributed by atoms with Gasteiger partial charge in [-0.3, -0.25) is 9.59 Å². The Hall–Kier alpha value is -3.44. The van der Waals surface area contributed by atoms with Crippen LogP contribution in [0.3, 0.4) is 0 Å². The molecule has 1 amide bonds. The van der Waals surface area contributed by atoms with Gasteiger partial charge >= 0.3 is 0 Å². The second-order valence-corrected chi connectivity index (χ2v) is 10.3. The number of rotatable bonds is 10. The molecule has 37 heavy (non-hydrogen) atoms. The predicted molar refractivity (Wildman–Crippen MR) is 149 cm³/mol. The van der Waals surface area contributed by atoms with E-state index in [1.165, 1.54) is 5.56 Å². The molecule has 3 aromatic rings. The molecule has 1 saturated heterocycles. The normalized spacial score (nSPS) is 15.4. The van der Waals surface area contributed by atoms with E-state index in [1.807, 2.05) is 68.4 Å². The minimum absolute atomic E-state index is 0.0336. The fourth-order valence-electron chi connectivity index (χ4n) is 4.86. The quantitative estimate of drug-likeness (QED) is 0.310. The second kappa shape index (κ2) is 12.7. The molecule has 0 aliphatic carbocycles. The van der Waals surface area contributed by atoms with Crippen molar-refractivity contribution in [1.29, 1.82) is 0 Å². The zero-order valence-electron chi connectivity index (χ0n) is 22.2. The van der Waals surface area contributed by atoms with E-state index in [0.717, 1.165) is 55.9 Å². The van der Waals surface area contributed by atoms with E-state index in [1.54, 1.807) is 6.92 Å². The SMILES string of the molecule is CC(=O)c1cccc(O[C@@H](CCN2CCC(c3cccc(NC(=O)C(C)C)c3)CC2)c2ccccc2)c1. The summed E-state index contributed by atoms with van der Waals surface area (Å²) in [6.45, 7) is 8.42. The van der Waals surface area contributed by atoms with Crippen LogP contribution < -0.4 is 10.1 Å². The fourth-order valence-corrected chi connectivity index (χ4v) is 4.86. The molecule has 0 unspecified atom stereocenters. The minimum atomic E-state index is -0.0811. The highest BCUT2D eigenvalue weighted by molar-refractivity contribution is 5.94. The first-order valence-electron chi connectivity index (χ1n) is 13.3. The van der Waals surface area contributed by atoms with Gasteiger partial charge in [-0.05, 0) is 74.2 Å². The minimum Gasteiger partial charge on any atom is -0.486 e. The zero-order chi connectivity index (χ0) is 26.2. The number of nitrogens with one attached hydrogen (secondary N) is 1. The van der Waals surface area contributed by atoms with E-state index in [4.69, 9.17) is 4.74 Å². The van der Waals surface area contributed by atoms with Crippen molar-refractivity contribution in [3.8, 4) is 5.75 Å². The van der Waals surface area contributed by atoms with Crippen LogP contribution in [0.15, 0.2) is 78.9 Å². The number of ether oxygens (including phenoxy) is 1. The van der Waals surface area contributed by atoms with Crippen molar-refractivity contribution in [3.63, 3.8) is 0 Å². The van der Waals surface area contributed by atoms with Gasteiger partial charge in [0.1, 0.15) is 11.9 Å². The molecule has 0 aromatic heterocycles. The lowest BCUT2D eigenvalue weighted by molar-refractivity contribution is -0.118. The highest BCUT2D eigenvalue weighted by Gasteiger charge is 2.23. The molecule has 0 bridgehead atoms. The topological polar surface area (TPSA) is 58.6 Å². The standard InChI is InChI=1S/C32H38N2O3/c1-23(2)32(36)33-29-13-7-12-28(21-29)25-15-18-34(19-16-25)20-17-31(26-9-5-4-6-10-26)37-30-14-8-11-27(22-30)24(3)35/h4-14,21-23,25,31H,15-20H2,1-3H3,(H,33,36)/t31-/m0/s1. The van der Waals surface area contributed by atoms with Gasteiger partial charge in [-0.2, -0.15) is 0 Å². The monoisotopic (exact) mass is 498 g/mol. The molecule has 1 aliphatic rings. The molecule has 4 rings (SSSR count). The number of ketones is 1. The third kappa shape index (κ3) is 7.53. The number of likely N-dealkylation sites (tertiary alicyclic amines) is 1. The summed E-state index contributed by atoms with van der Waals surface area (Å²) in [6.07, 6.45) is 2.98. The first-order chi connectivity index (χ1) is 17.9. The summed E-state index contributed by atoms with van der Waals surface area (Å²) in [4.78, 5) is 26.4. The molecule has 1 heterocycles. The van der Waals surface area contributed by atoms with Crippen LogP contribution in [0.5, 0.6) is 5.75 Å². The van der Waals surface area contributed by atoms with E-state index in [2.05, 4.69) is 34.5 Å². The Bertz CT molecular complexity index is 1180. The molecular formula is C32H38N2O3. The van der Waals surface area contributed by atoms with Gasteiger partial charge in [0.2, 0.25) is 5.91 Å². The summed E-state index contributed by atoms with van der Waals surface area (Å²) in [5.41, 5.74) is 4.00. The molecule has 1 N–H and O–H groups in total. The number of benzene rings is 3. The van der Waals surface area contributed by atoms with Crippen LogP contribution in [0.1, 0.15) is 73.5 Å². The molecule has 5 nitrogen and oxygen atoms in total. The van der Waals surface area contributed by atoms with E-state index in [9.17, 15) is 9.59 Å². The Kier molecular flexibility index (Phi) is 9.13. The number of amides is 1. The maximum Gasteiger partial charge on any atom is 0.226 e. The average Bonchev–Trinajstić information content (AvgIpc) is 2.92. The summed E-state index contributed by atoms with van der Waals surface area (Å²) in [5.74, 6) is 1.29. The fraction of sp³-hybridized carbons (Fsp3) is 0.375. The number of hydrogen-bond acceptors (Lipinski definition) is 4. The number of nitrogens with zero attached hydrogens (tertiary/aromatic N) is 1. The van der Waals surface area contributed by atoms with E-state index in [-0.39, 0.29) is 23.7 Å². The summed E-state index contributed by atoms with van der Waals surface area (Å²) in [7, 11) is 0. The molecule has 1 atom stereocenters. The van der Waals surface area contributed by atoms with Crippen molar-refractivity contribution in [2.24, 2.45) is 5.92 Å². The highest BCUT2D eigenvalue weighted by Crippen LogP contribution is 2.31. The van der Waals surface area contributed by atoms with Crippen LogP contribution in [0.25, 0.3) is 0 Å². The third-order valence-electron chi connectivity index (χ3n) is 7.14. The molecule has 0 spiro atoms. The van der Waals surface area contributed by atoms with Gasteiger partial charge in [0.25, 0.3) is 0 Å². The van der Waals surface area contributed by atoms with Gasteiger partial charge in [0.05, 0.1) is 0 Å². The number of carbonyl (C=O) groups excluding carboxylic acids is 2. The molecule has 194 valence electrons. The Balaban J connectivity index is 1.35. The predicted octanol–water partition coefficient (Wildman–Crippen LogP) is 6.87. The number of anilines is 1.